The number of ether oxygens (including phenoxy) is 1. The first-order chi connectivity index (χ1) is 7.83. The van der Waals surface area contributed by atoms with Gasteiger partial charge in [-0.1, -0.05) is 19.1 Å². The topological polar surface area (TPSA) is 21.3 Å². The molecular formula is C14H21NO. The highest BCUT2D eigenvalue weighted by Crippen LogP contribution is 2.34. The van der Waals surface area contributed by atoms with Gasteiger partial charge in [0, 0.05) is 12.6 Å². The molecule has 0 radical (unpaired) electrons. The maximum atomic E-state index is 5.14. The van der Waals surface area contributed by atoms with Gasteiger partial charge in [-0.15, -0.1) is 0 Å². The van der Waals surface area contributed by atoms with E-state index in [9.17, 15) is 0 Å². The van der Waals surface area contributed by atoms with Crippen LogP contribution in [0.2, 0.25) is 0 Å². The molecule has 2 rings (SSSR count). The molecule has 1 N–H and O–H groups in total. The second-order valence-corrected chi connectivity index (χ2v) is 4.58. The van der Waals surface area contributed by atoms with Crippen LogP contribution in [-0.4, -0.2) is 13.2 Å². The quantitative estimate of drug-likeness (QED) is 0.794. The van der Waals surface area contributed by atoms with E-state index >= 15 is 0 Å². The van der Waals surface area contributed by atoms with Crippen molar-refractivity contribution >= 4 is 0 Å². The first-order valence-electron chi connectivity index (χ1n) is 6.19. The molecule has 0 heterocycles. The standard InChI is InChI=1S/C14H21NO/c1-3-14(12-6-7-12)15-10-11-4-8-13(16-2)9-5-11/h4-5,8-9,12,14-15H,3,6-7,10H2,1-2H3. The van der Waals surface area contributed by atoms with Gasteiger partial charge in [0.25, 0.3) is 0 Å². The molecule has 1 saturated carbocycles. The molecular weight excluding hydrogens is 198 g/mol. The van der Waals surface area contributed by atoms with Crippen LogP contribution in [0.15, 0.2) is 24.3 Å². The number of methoxy groups -OCH3 is 1. The van der Waals surface area contributed by atoms with Crippen molar-refractivity contribution in [1.82, 2.24) is 5.32 Å². The maximum absolute atomic E-state index is 5.14. The van der Waals surface area contributed by atoms with Gasteiger partial charge in [-0.3, -0.25) is 0 Å². The van der Waals surface area contributed by atoms with Crippen LogP contribution in [0, 0.1) is 5.92 Å². The summed E-state index contributed by atoms with van der Waals surface area (Å²) in [4.78, 5) is 0. The van der Waals surface area contributed by atoms with Gasteiger partial charge in [-0.2, -0.15) is 0 Å². The van der Waals surface area contributed by atoms with E-state index in [0.717, 1.165) is 18.2 Å². The molecule has 88 valence electrons. The lowest BCUT2D eigenvalue weighted by Crippen LogP contribution is -2.29. The van der Waals surface area contributed by atoms with Gasteiger partial charge in [-0.05, 0) is 42.9 Å². The summed E-state index contributed by atoms with van der Waals surface area (Å²) >= 11 is 0. The summed E-state index contributed by atoms with van der Waals surface area (Å²) in [6.45, 7) is 3.24. The molecule has 0 amide bonds. The van der Waals surface area contributed by atoms with E-state index in [2.05, 4.69) is 24.4 Å². The van der Waals surface area contributed by atoms with Crippen molar-refractivity contribution in [1.29, 1.82) is 0 Å². The first-order valence-corrected chi connectivity index (χ1v) is 6.19. The Morgan fingerprint density at radius 2 is 2.00 bits per heavy atom. The summed E-state index contributed by atoms with van der Waals surface area (Å²) in [5, 5.41) is 3.64. The molecule has 0 aromatic heterocycles. The second-order valence-electron chi connectivity index (χ2n) is 4.58. The SMILES string of the molecule is CCC(NCc1ccc(OC)cc1)C1CC1. The summed E-state index contributed by atoms with van der Waals surface area (Å²) in [6.07, 6.45) is 4.06. The fraction of sp³-hybridized carbons (Fsp3) is 0.571. The lowest BCUT2D eigenvalue weighted by atomic mass is 10.1. The molecule has 1 aromatic carbocycles. The van der Waals surface area contributed by atoms with Crippen molar-refractivity contribution in [2.75, 3.05) is 7.11 Å². The molecule has 1 atom stereocenters. The Balaban J connectivity index is 1.83. The number of nitrogens with one attached hydrogen (secondary N) is 1. The Morgan fingerprint density at radius 3 is 2.50 bits per heavy atom. The molecule has 0 saturated heterocycles. The van der Waals surface area contributed by atoms with Gasteiger partial charge < -0.3 is 10.1 Å². The van der Waals surface area contributed by atoms with Crippen molar-refractivity contribution in [2.45, 2.75) is 38.8 Å². The molecule has 0 spiro atoms. The third kappa shape index (κ3) is 2.99. The average molecular weight is 219 g/mol. The molecule has 1 aliphatic carbocycles. The summed E-state index contributed by atoms with van der Waals surface area (Å²) in [5.41, 5.74) is 1.33. The van der Waals surface area contributed by atoms with Gasteiger partial charge in [0.2, 0.25) is 0 Å². The summed E-state index contributed by atoms with van der Waals surface area (Å²) in [7, 11) is 1.70. The number of benzene rings is 1. The highest BCUT2D eigenvalue weighted by Gasteiger charge is 2.29. The van der Waals surface area contributed by atoms with Crippen LogP contribution in [0.1, 0.15) is 31.7 Å². The maximum Gasteiger partial charge on any atom is 0.118 e. The fourth-order valence-electron chi connectivity index (χ4n) is 2.14. The minimum Gasteiger partial charge on any atom is -0.497 e. The Labute approximate surface area is 98.0 Å². The molecule has 0 aliphatic heterocycles. The smallest absolute Gasteiger partial charge is 0.118 e. The van der Waals surface area contributed by atoms with E-state index in [0.29, 0.717) is 6.04 Å². The van der Waals surface area contributed by atoms with Gasteiger partial charge in [0.05, 0.1) is 7.11 Å². The number of hydrogen-bond donors (Lipinski definition) is 1. The summed E-state index contributed by atoms with van der Waals surface area (Å²) in [6, 6.07) is 9.02. The largest absolute Gasteiger partial charge is 0.497 e. The van der Waals surface area contributed by atoms with Gasteiger partial charge >= 0.3 is 0 Å². The molecule has 1 aliphatic rings. The zero-order valence-electron chi connectivity index (χ0n) is 10.2. The van der Waals surface area contributed by atoms with E-state index in [1.54, 1.807) is 7.11 Å². The fourth-order valence-corrected chi connectivity index (χ4v) is 2.14. The van der Waals surface area contributed by atoms with Crippen LogP contribution >= 0.6 is 0 Å². The zero-order valence-corrected chi connectivity index (χ0v) is 10.2. The molecule has 0 bridgehead atoms. The molecule has 1 unspecified atom stereocenters. The van der Waals surface area contributed by atoms with E-state index in [1.165, 1.54) is 24.8 Å². The molecule has 16 heavy (non-hydrogen) atoms. The van der Waals surface area contributed by atoms with E-state index in [-0.39, 0.29) is 0 Å². The van der Waals surface area contributed by atoms with Crippen LogP contribution < -0.4 is 10.1 Å². The predicted octanol–water partition coefficient (Wildman–Crippen LogP) is 2.97. The Morgan fingerprint density at radius 1 is 1.31 bits per heavy atom. The van der Waals surface area contributed by atoms with Crippen LogP contribution in [0.4, 0.5) is 0 Å². The van der Waals surface area contributed by atoms with Crippen molar-refractivity contribution in [3.05, 3.63) is 29.8 Å². The van der Waals surface area contributed by atoms with Crippen LogP contribution in [0.3, 0.4) is 0 Å². The van der Waals surface area contributed by atoms with Crippen molar-refractivity contribution in [3.63, 3.8) is 0 Å². The van der Waals surface area contributed by atoms with Gasteiger partial charge in [0.1, 0.15) is 5.75 Å². The third-order valence-electron chi connectivity index (χ3n) is 3.36. The summed E-state index contributed by atoms with van der Waals surface area (Å²) < 4.78 is 5.14. The lowest BCUT2D eigenvalue weighted by Gasteiger charge is -2.16. The minimum atomic E-state index is 0.710. The Hall–Kier alpha value is -1.02. The van der Waals surface area contributed by atoms with Crippen molar-refractivity contribution in [3.8, 4) is 5.75 Å². The normalized spacial score (nSPS) is 17.1. The summed E-state index contributed by atoms with van der Waals surface area (Å²) in [5.74, 6) is 1.86. The number of hydrogen-bond acceptors (Lipinski definition) is 2. The number of rotatable bonds is 6. The van der Waals surface area contributed by atoms with Crippen LogP contribution in [0.5, 0.6) is 5.75 Å². The molecule has 2 nitrogen and oxygen atoms in total. The highest BCUT2D eigenvalue weighted by atomic mass is 16.5. The molecule has 1 fully saturated rings. The highest BCUT2D eigenvalue weighted by molar-refractivity contribution is 5.27. The Bertz CT molecular complexity index is 316. The minimum absolute atomic E-state index is 0.710. The van der Waals surface area contributed by atoms with Crippen molar-refractivity contribution in [2.24, 2.45) is 5.92 Å². The van der Waals surface area contributed by atoms with Crippen LogP contribution in [-0.2, 0) is 6.54 Å². The third-order valence-corrected chi connectivity index (χ3v) is 3.36. The van der Waals surface area contributed by atoms with Gasteiger partial charge in [0.15, 0.2) is 0 Å². The lowest BCUT2D eigenvalue weighted by molar-refractivity contribution is 0.414. The van der Waals surface area contributed by atoms with E-state index in [4.69, 9.17) is 4.74 Å². The van der Waals surface area contributed by atoms with Crippen LogP contribution in [0.25, 0.3) is 0 Å². The zero-order chi connectivity index (χ0) is 11.4. The average Bonchev–Trinajstić information content (AvgIpc) is 3.15. The predicted molar refractivity (Wildman–Crippen MR) is 66.6 cm³/mol. The van der Waals surface area contributed by atoms with E-state index < -0.39 is 0 Å². The molecule has 1 aromatic rings. The first kappa shape index (κ1) is 11.5. The van der Waals surface area contributed by atoms with E-state index in [1.807, 2.05) is 12.1 Å². The molecule has 2 heteroatoms. The second kappa shape index (κ2) is 5.35. The van der Waals surface area contributed by atoms with Gasteiger partial charge in [-0.25, -0.2) is 0 Å². The monoisotopic (exact) mass is 219 g/mol. The Kier molecular flexibility index (Phi) is 3.83. The van der Waals surface area contributed by atoms with Crippen molar-refractivity contribution < 1.29 is 4.74 Å².